The fourth-order valence-electron chi connectivity index (χ4n) is 4.23. The molecular weight excluding hydrogens is 430 g/mol. The molecular formula is C24H26ClN3O4. The molecule has 7 nitrogen and oxygen atoms in total. The Labute approximate surface area is 192 Å². The summed E-state index contributed by atoms with van der Waals surface area (Å²) in [6.45, 7) is 3.38. The van der Waals surface area contributed by atoms with Gasteiger partial charge >= 0.3 is 0 Å². The lowest BCUT2D eigenvalue weighted by Gasteiger charge is -2.36. The molecule has 2 aromatic carbocycles. The first-order chi connectivity index (χ1) is 15.5. The molecule has 2 aromatic rings. The summed E-state index contributed by atoms with van der Waals surface area (Å²) in [5.41, 5.74) is 2.07. The van der Waals surface area contributed by atoms with Gasteiger partial charge in [0.15, 0.2) is 0 Å². The lowest BCUT2D eigenvalue weighted by atomic mass is 10.0. The molecule has 8 heteroatoms. The molecule has 0 spiro atoms. The predicted octanol–water partition coefficient (Wildman–Crippen LogP) is 2.24. The van der Waals surface area contributed by atoms with Crippen LogP contribution in [-0.2, 0) is 16.1 Å². The van der Waals surface area contributed by atoms with Gasteiger partial charge in [0.25, 0.3) is 11.8 Å². The SMILES string of the molecule is COc1ccccc1C1=C(N2CCN(CCO)CC2)C(=O)N(Cc2ccccc2Cl)C1=O. The van der Waals surface area contributed by atoms with Crippen molar-refractivity contribution in [1.29, 1.82) is 0 Å². The Kier molecular flexibility index (Phi) is 6.79. The minimum Gasteiger partial charge on any atom is -0.496 e. The Balaban J connectivity index is 1.72. The molecule has 4 rings (SSSR count). The summed E-state index contributed by atoms with van der Waals surface area (Å²) in [5.74, 6) is -0.140. The summed E-state index contributed by atoms with van der Waals surface area (Å²) in [6, 6.07) is 14.5. The topological polar surface area (TPSA) is 73.3 Å². The van der Waals surface area contributed by atoms with Crippen LogP contribution in [0.5, 0.6) is 5.75 Å². The monoisotopic (exact) mass is 455 g/mol. The molecule has 0 unspecified atom stereocenters. The lowest BCUT2D eigenvalue weighted by molar-refractivity contribution is -0.138. The van der Waals surface area contributed by atoms with Gasteiger partial charge in [-0.2, -0.15) is 0 Å². The van der Waals surface area contributed by atoms with Crippen molar-refractivity contribution in [3.8, 4) is 5.75 Å². The van der Waals surface area contributed by atoms with Crippen LogP contribution in [0.4, 0.5) is 0 Å². The molecule has 2 aliphatic heterocycles. The fourth-order valence-corrected chi connectivity index (χ4v) is 4.42. The van der Waals surface area contributed by atoms with Gasteiger partial charge in [-0.15, -0.1) is 0 Å². The van der Waals surface area contributed by atoms with E-state index in [-0.39, 0.29) is 25.0 Å². The Hall–Kier alpha value is -2.87. The van der Waals surface area contributed by atoms with E-state index in [4.69, 9.17) is 16.3 Å². The van der Waals surface area contributed by atoms with Crippen molar-refractivity contribution < 1.29 is 19.4 Å². The Morgan fingerprint density at radius 3 is 2.34 bits per heavy atom. The number of nitrogens with zero attached hydrogens (tertiary/aromatic N) is 3. The number of imide groups is 1. The molecule has 1 saturated heterocycles. The molecule has 168 valence electrons. The van der Waals surface area contributed by atoms with Crippen molar-refractivity contribution in [2.75, 3.05) is 46.4 Å². The molecule has 1 fully saturated rings. The molecule has 2 aliphatic rings. The van der Waals surface area contributed by atoms with Gasteiger partial charge in [0.2, 0.25) is 0 Å². The second-order valence-electron chi connectivity index (χ2n) is 7.76. The third kappa shape index (κ3) is 4.24. The van der Waals surface area contributed by atoms with Crippen LogP contribution < -0.4 is 4.74 Å². The standard InChI is InChI=1S/C24H26ClN3O4/c1-32-20-9-5-3-7-18(20)21-22(27-12-10-26(11-13-27)14-15-29)24(31)28(23(21)30)16-17-6-2-4-8-19(17)25/h2-9,29H,10-16H2,1H3. The number of halogens is 1. The molecule has 32 heavy (non-hydrogen) atoms. The maximum atomic E-state index is 13.6. The predicted molar refractivity (Wildman–Crippen MR) is 122 cm³/mol. The smallest absolute Gasteiger partial charge is 0.278 e. The third-order valence-electron chi connectivity index (χ3n) is 5.91. The first kappa shape index (κ1) is 22.3. The van der Waals surface area contributed by atoms with E-state index in [1.807, 2.05) is 35.2 Å². The van der Waals surface area contributed by atoms with Crippen molar-refractivity contribution in [2.24, 2.45) is 0 Å². The third-order valence-corrected chi connectivity index (χ3v) is 6.28. The van der Waals surface area contributed by atoms with Crippen molar-refractivity contribution in [3.63, 3.8) is 0 Å². The van der Waals surface area contributed by atoms with Gasteiger partial charge in [0.1, 0.15) is 11.4 Å². The highest BCUT2D eigenvalue weighted by atomic mass is 35.5. The first-order valence-corrected chi connectivity index (χ1v) is 11.0. The number of aliphatic hydroxyl groups is 1. The number of benzene rings is 2. The second-order valence-corrected chi connectivity index (χ2v) is 8.17. The Bertz CT molecular complexity index is 1050. The Morgan fingerprint density at radius 1 is 0.969 bits per heavy atom. The number of amides is 2. The van der Waals surface area contributed by atoms with Gasteiger partial charge in [0.05, 0.1) is 25.8 Å². The molecule has 0 atom stereocenters. The molecule has 0 bridgehead atoms. The number of hydrogen-bond acceptors (Lipinski definition) is 6. The minimum absolute atomic E-state index is 0.0954. The molecule has 1 N–H and O–H groups in total. The highest BCUT2D eigenvalue weighted by Gasteiger charge is 2.43. The van der Waals surface area contributed by atoms with E-state index in [0.29, 0.717) is 65.9 Å². The summed E-state index contributed by atoms with van der Waals surface area (Å²) in [7, 11) is 1.55. The van der Waals surface area contributed by atoms with E-state index < -0.39 is 0 Å². The zero-order chi connectivity index (χ0) is 22.7. The number of carbonyl (C=O) groups excluding carboxylic acids is 2. The number of piperazine rings is 1. The average Bonchev–Trinajstić information content (AvgIpc) is 3.06. The van der Waals surface area contributed by atoms with Gasteiger partial charge in [-0.05, 0) is 17.7 Å². The highest BCUT2D eigenvalue weighted by Crippen LogP contribution is 2.37. The van der Waals surface area contributed by atoms with Crippen LogP contribution in [0, 0.1) is 0 Å². The summed E-state index contributed by atoms with van der Waals surface area (Å²) < 4.78 is 5.51. The number of β-amino-alcohol motifs (C(OH)–C–C–N with tert-alkyl or cyclic N) is 1. The molecule has 0 aliphatic carbocycles. The number of methoxy groups -OCH3 is 1. The van der Waals surface area contributed by atoms with Crippen LogP contribution in [0.3, 0.4) is 0 Å². The summed E-state index contributed by atoms with van der Waals surface area (Å²) in [5, 5.41) is 9.74. The zero-order valence-electron chi connectivity index (χ0n) is 18.0. The van der Waals surface area contributed by atoms with E-state index >= 15 is 0 Å². The lowest BCUT2D eigenvalue weighted by Crippen LogP contribution is -2.48. The number of para-hydroxylation sites is 1. The summed E-state index contributed by atoms with van der Waals surface area (Å²) in [6.07, 6.45) is 0. The van der Waals surface area contributed by atoms with Crippen molar-refractivity contribution >= 4 is 29.0 Å². The van der Waals surface area contributed by atoms with Crippen LogP contribution in [-0.4, -0.2) is 78.1 Å². The summed E-state index contributed by atoms with van der Waals surface area (Å²) >= 11 is 6.31. The van der Waals surface area contributed by atoms with E-state index in [1.165, 1.54) is 4.90 Å². The van der Waals surface area contributed by atoms with Crippen LogP contribution in [0.25, 0.3) is 5.57 Å². The fraction of sp³-hybridized carbons (Fsp3) is 0.333. The van der Waals surface area contributed by atoms with Crippen molar-refractivity contribution in [2.45, 2.75) is 6.54 Å². The van der Waals surface area contributed by atoms with Gasteiger partial charge < -0.3 is 14.7 Å². The normalized spacial score (nSPS) is 17.5. The van der Waals surface area contributed by atoms with Crippen molar-refractivity contribution in [3.05, 3.63) is 70.4 Å². The van der Waals surface area contributed by atoms with E-state index in [0.717, 1.165) is 0 Å². The zero-order valence-corrected chi connectivity index (χ0v) is 18.7. The molecule has 2 heterocycles. The quantitative estimate of drug-likeness (QED) is 0.645. The van der Waals surface area contributed by atoms with Gasteiger partial charge in [0, 0.05) is 43.3 Å². The largest absolute Gasteiger partial charge is 0.496 e. The maximum Gasteiger partial charge on any atom is 0.278 e. The number of hydrogen-bond donors (Lipinski definition) is 1. The minimum atomic E-state index is -0.354. The number of ether oxygens (including phenoxy) is 1. The van der Waals surface area contributed by atoms with Crippen LogP contribution in [0.2, 0.25) is 5.02 Å². The van der Waals surface area contributed by atoms with Crippen molar-refractivity contribution in [1.82, 2.24) is 14.7 Å². The van der Waals surface area contributed by atoms with E-state index in [2.05, 4.69) is 4.90 Å². The van der Waals surface area contributed by atoms with E-state index in [1.54, 1.807) is 25.3 Å². The van der Waals surface area contributed by atoms with Crippen LogP contribution >= 0.6 is 11.6 Å². The first-order valence-electron chi connectivity index (χ1n) is 10.6. The maximum absolute atomic E-state index is 13.6. The molecule has 0 radical (unpaired) electrons. The number of rotatable bonds is 7. The second kappa shape index (κ2) is 9.73. The molecule has 0 aromatic heterocycles. The highest BCUT2D eigenvalue weighted by molar-refractivity contribution is 6.36. The van der Waals surface area contributed by atoms with Gasteiger partial charge in [-0.3, -0.25) is 19.4 Å². The number of carbonyl (C=O) groups is 2. The molecule has 0 saturated carbocycles. The van der Waals surface area contributed by atoms with E-state index in [9.17, 15) is 14.7 Å². The average molecular weight is 456 g/mol. The van der Waals surface area contributed by atoms with Gasteiger partial charge in [-0.25, -0.2) is 0 Å². The number of aliphatic hydroxyl groups excluding tert-OH is 1. The van der Waals surface area contributed by atoms with Crippen LogP contribution in [0.15, 0.2) is 54.2 Å². The van der Waals surface area contributed by atoms with Crippen LogP contribution in [0.1, 0.15) is 11.1 Å². The molecule has 2 amide bonds. The van der Waals surface area contributed by atoms with Gasteiger partial charge in [-0.1, -0.05) is 48.0 Å². The summed E-state index contributed by atoms with van der Waals surface area (Å²) in [4.78, 5) is 32.6. The Morgan fingerprint density at radius 2 is 1.66 bits per heavy atom.